The number of aromatic hydroxyl groups is 1. The molecular formula is C23H29NO9. The van der Waals surface area contributed by atoms with E-state index in [9.17, 15) is 24.9 Å². The molecule has 1 aromatic carbocycles. The number of carbonyl (C=O) groups is 1. The molecule has 4 N–H and O–H groups in total. The molecule has 2 fully saturated rings. The van der Waals surface area contributed by atoms with Crippen molar-refractivity contribution in [3.05, 3.63) is 28.1 Å². The molecule has 1 saturated carbocycles. The summed E-state index contributed by atoms with van der Waals surface area (Å²) >= 11 is 0. The minimum atomic E-state index is -1.40. The summed E-state index contributed by atoms with van der Waals surface area (Å²) in [4.78, 5) is 24.8. The summed E-state index contributed by atoms with van der Waals surface area (Å²) in [6.07, 6.45) is -2.20. The predicted octanol–water partition coefficient (Wildman–Crippen LogP) is 1.80. The smallest absolute Gasteiger partial charge is 0.364 e. The molecule has 1 aromatic heterocycles. The number of ether oxygens (including phenoxy) is 3. The van der Waals surface area contributed by atoms with Crippen molar-refractivity contribution in [2.75, 3.05) is 12.4 Å². The van der Waals surface area contributed by atoms with E-state index in [1.54, 1.807) is 20.8 Å². The van der Waals surface area contributed by atoms with Crippen LogP contribution in [0.2, 0.25) is 0 Å². The highest BCUT2D eigenvalue weighted by Crippen LogP contribution is 2.38. The van der Waals surface area contributed by atoms with Gasteiger partial charge in [-0.25, -0.2) is 4.79 Å². The Morgan fingerprint density at radius 3 is 2.52 bits per heavy atom. The van der Waals surface area contributed by atoms with Gasteiger partial charge in [0.05, 0.1) is 11.0 Å². The number of anilines is 1. The van der Waals surface area contributed by atoms with Crippen molar-refractivity contribution in [2.45, 2.75) is 70.2 Å². The summed E-state index contributed by atoms with van der Waals surface area (Å²) in [5, 5.41) is 34.3. The Morgan fingerprint density at radius 1 is 1.21 bits per heavy atom. The molecule has 4 rings (SSSR count). The monoisotopic (exact) mass is 463 g/mol. The van der Waals surface area contributed by atoms with Gasteiger partial charge in [-0.15, -0.1) is 0 Å². The lowest BCUT2D eigenvalue weighted by Crippen LogP contribution is -2.63. The second kappa shape index (κ2) is 8.60. The molecule has 2 aromatic rings. The second-order valence-corrected chi connectivity index (χ2v) is 9.14. The molecule has 10 heteroatoms. The summed E-state index contributed by atoms with van der Waals surface area (Å²) in [5.41, 5.74) is -1.71. The lowest BCUT2D eigenvalue weighted by molar-refractivity contribution is -0.306. The molecule has 10 nitrogen and oxygen atoms in total. The second-order valence-electron chi connectivity index (χ2n) is 9.14. The van der Waals surface area contributed by atoms with Crippen LogP contribution in [0.5, 0.6) is 11.5 Å². The van der Waals surface area contributed by atoms with Crippen LogP contribution in [-0.2, 0) is 14.3 Å². The first kappa shape index (κ1) is 23.5. The third kappa shape index (κ3) is 4.08. The standard InChI is InChI=1S/C23H29NO9/c1-10-13(31-22-17(27)16(26)19(30-4)23(2,3)33-22)9-8-12-15(25)14(21(29)32-18(10)12)24-20(28)11-6-5-7-11/h8-9,11,16-17,19,22,25-27H,5-7H2,1-4H3,(H,24,28)/t16-,17-,19-,22-/m1/s1. The normalized spacial score (nSPS) is 27.2. The summed E-state index contributed by atoms with van der Waals surface area (Å²) in [5.74, 6) is -0.661. The third-order valence-electron chi connectivity index (χ3n) is 6.51. The first-order valence-corrected chi connectivity index (χ1v) is 10.9. The number of aliphatic hydroxyl groups excluding tert-OH is 2. The van der Waals surface area contributed by atoms with E-state index in [0.29, 0.717) is 5.56 Å². The number of carbonyl (C=O) groups excluding carboxylic acids is 1. The molecule has 180 valence electrons. The van der Waals surface area contributed by atoms with Crippen LogP contribution in [0.1, 0.15) is 38.7 Å². The molecule has 1 saturated heterocycles. The van der Waals surface area contributed by atoms with Gasteiger partial charge < -0.3 is 39.3 Å². The van der Waals surface area contributed by atoms with Gasteiger partial charge in [0.2, 0.25) is 12.2 Å². The van der Waals surface area contributed by atoms with Crippen LogP contribution in [0.25, 0.3) is 11.0 Å². The fraction of sp³-hybridized carbons (Fsp3) is 0.565. The Balaban J connectivity index is 1.64. The van der Waals surface area contributed by atoms with Crippen molar-refractivity contribution in [1.82, 2.24) is 0 Å². The number of hydrogen-bond donors (Lipinski definition) is 4. The lowest BCUT2D eigenvalue weighted by Gasteiger charge is -2.46. The zero-order valence-electron chi connectivity index (χ0n) is 19.0. The van der Waals surface area contributed by atoms with Crippen molar-refractivity contribution in [3.63, 3.8) is 0 Å². The van der Waals surface area contributed by atoms with Crippen LogP contribution in [0.3, 0.4) is 0 Å². The Hall–Kier alpha value is -2.66. The maximum Gasteiger partial charge on any atom is 0.364 e. The minimum absolute atomic E-state index is 0.0662. The molecule has 0 bridgehead atoms. The van der Waals surface area contributed by atoms with E-state index in [1.807, 2.05) is 0 Å². The molecule has 33 heavy (non-hydrogen) atoms. The maximum absolute atomic E-state index is 12.5. The predicted molar refractivity (Wildman–Crippen MR) is 117 cm³/mol. The van der Waals surface area contributed by atoms with Gasteiger partial charge in [0.1, 0.15) is 29.6 Å². The number of methoxy groups -OCH3 is 1. The average Bonchev–Trinajstić information content (AvgIpc) is 2.70. The topological polar surface area (TPSA) is 148 Å². The fourth-order valence-corrected chi connectivity index (χ4v) is 4.33. The molecule has 1 aliphatic heterocycles. The maximum atomic E-state index is 12.5. The number of amides is 1. The number of fused-ring (bicyclic) bond motifs is 1. The van der Waals surface area contributed by atoms with Gasteiger partial charge in [-0.3, -0.25) is 4.79 Å². The Bertz CT molecular complexity index is 1120. The summed E-state index contributed by atoms with van der Waals surface area (Å²) in [6.45, 7) is 5.02. The van der Waals surface area contributed by atoms with E-state index in [2.05, 4.69) is 5.32 Å². The SMILES string of the molecule is CO[C@@H]1[C@H](O)[C@@H](O)[C@H](Oc2ccc3c(O)c(NC(=O)C4CCC4)c(=O)oc3c2C)OC1(C)C. The van der Waals surface area contributed by atoms with Crippen LogP contribution >= 0.6 is 0 Å². The van der Waals surface area contributed by atoms with E-state index in [4.69, 9.17) is 18.6 Å². The minimum Gasteiger partial charge on any atom is -0.505 e. The highest BCUT2D eigenvalue weighted by atomic mass is 16.7. The van der Waals surface area contributed by atoms with Crippen LogP contribution < -0.4 is 15.7 Å². The Morgan fingerprint density at radius 2 is 1.91 bits per heavy atom. The number of rotatable bonds is 5. The zero-order chi connectivity index (χ0) is 24.1. The van der Waals surface area contributed by atoms with Crippen LogP contribution in [-0.4, -0.2) is 58.5 Å². The highest BCUT2D eigenvalue weighted by Gasteiger charge is 2.50. The van der Waals surface area contributed by atoms with Gasteiger partial charge in [-0.1, -0.05) is 6.42 Å². The van der Waals surface area contributed by atoms with E-state index < -0.39 is 41.6 Å². The van der Waals surface area contributed by atoms with E-state index in [1.165, 1.54) is 19.2 Å². The van der Waals surface area contributed by atoms with Crippen molar-refractivity contribution in [2.24, 2.45) is 5.92 Å². The van der Waals surface area contributed by atoms with Crippen LogP contribution in [0, 0.1) is 12.8 Å². The van der Waals surface area contributed by atoms with Gasteiger partial charge in [0, 0.05) is 18.6 Å². The number of nitrogens with one attached hydrogen (secondary N) is 1. The van der Waals surface area contributed by atoms with Gasteiger partial charge in [-0.05, 0) is 45.7 Å². The van der Waals surface area contributed by atoms with Gasteiger partial charge in [-0.2, -0.15) is 0 Å². The van der Waals surface area contributed by atoms with Gasteiger partial charge in [0.15, 0.2) is 11.4 Å². The van der Waals surface area contributed by atoms with Gasteiger partial charge >= 0.3 is 5.63 Å². The molecule has 2 heterocycles. The van der Waals surface area contributed by atoms with Gasteiger partial charge in [0.25, 0.3) is 0 Å². The number of hydrogen-bond acceptors (Lipinski definition) is 9. The molecule has 0 spiro atoms. The first-order valence-electron chi connectivity index (χ1n) is 10.9. The van der Waals surface area contributed by atoms with Crippen molar-refractivity contribution in [1.29, 1.82) is 0 Å². The number of aryl methyl sites for hydroxylation is 1. The largest absolute Gasteiger partial charge is 0.505 e. The quantitative estimate of drug-likeness (QED) is 0.487. The van der Waals surface area contributed by atoms with Crippen LogP contribution in [0.15, 0.2) is 21.3 Å². The van der Waals surface area contributed by atoms with E-state index >= 15 is 0 Å². The molecule has 0 unspecified atom stereocenters. The average molecular weight is 463 g/mol. The fourth-order valence-electron chi connectivity index (χ4n) is 4.33. The number of benzene rings is 1. The molecule has 4 atom stereocenters. The van der Waals surface area contributed by atoms with Crippen LogP contribution in [0.4, 0.5) is 5.69 Å². The molecule has 1 amide bonds. The number of aliphatic hydroxyl groups is 2. The summed E-state index contributed by atoms with van der Waals surface area (Å²) in [7, 11) is 1.41. The Kier molecular flexibility index (Phi) is 6.12. The van der Waals surface area contributed by atoms with Crippen molar-refractivity contribution >= 4 is 22.6 Å². The van der Waals surface area contributed by atoms with E-state index in [0.717, 1.165) is 19.3 Å². The molecular weight excluding hydrogens is 434 g/mol. The summed E-state index contributed by atoms with van der Waals surface area (Å²) in [6, 6.07) is 3.00. The van der Waals surface area contributed by atoms with Crippen molar-refractivity contribution in [3.8, 4) is 11.5 Å². The first-order chi connectivity index (χ1) is 15.5. The van der Waals surface area contributed by atoms with E-state index in [-0.39, 0.29) is 34.2 Å². The summed E-state index contributed by atoms with van der Waals surface area (Å²) < 4.78 is 22.3. The molecule has 0 radical (unpaired) electrons. The molecule has 2 aliphatic rings. The Labute approximate surface area is 190 Å². The van der Waals surface area contributed by atoms with Crippen molar-refractivity contribution < 1.29 is 38.7 Å². The molecule has 1 aliphatic carbocycles. The zero-order valence-corrected chi connectivity index (χ0v) is 19.0. The highest BCUT2D eigenvalue weighted by molar-refractivity contribution is 5.98. The lowest BCUT2D eigenvalue weighted by atomic mass is 9.85. The third-order valence-corrected chi connectivity index (χ3v) is 6.51.